The fourth-order valence-electron chi connectivity index (χ4n) is 3.84. The average Bonchev–Trinajstić information content (AvgIpc) is 2.72. The summed E-state index contributed by atoms with van der Waals surface area (Å²) >= 11 is 0. The van der Waals surface area contributed by atoms with Gasteiger partial charge in [0.2, 0.25) is 0 Å². The molecular formula is C26H33FNNaO5. The zero-order valence-electron chi connectivity index (χ0n) is 20.8. The first kappa shape index (κ1) is 30.4. The van der Waals surface area contributed by atoms with Crippen LogP contribution in [0.15, 0.2) is 30.3 Å². The third-order valence-electron chi connectivity index (χ3n) is 5.31. The van der Waals surface area contributed by atoms with Crippen LogP contribution in [0.1, 0.15) is 74.9 Å². The summed E-state index contributed by atoms with van der Waals surface area (Å²) in [6.45, 7) is 8.46. The summed E-state index contributed by atoms with van der Waals surface area (Å²) in [7, 11) is 1.60. The number of aliphatic hydroxyl groups is 2. The molecule has 0 saturated carbocycles. The molecule has 0 aliphatic carbocycles. The molecule has 0 aliphatic heterocycles. The maximum absolute atomic E-state index is 13.7. The monoisotopic (exact) mass is 483 g/mol. The number of rotatable bonds is 11. The van der Waals surface area contributed by atoms with E-state index in [2.05, 4.69) is 13.8 Å². The maximum Gasteiger partial charge on any atom is 1.00 e. The van der Waals surface area contributed by atoms with E-state index in [1.54, 1.807) is 25.3 Å². The maximum atomic E-state index is 13.7. The SMILES string of the molecule is COCc1c(C(C)C)nc(C(C)C)c(/[14CH]=C\[C@@H](O)C[C@@H](O)CC(=O)[O-])c1-c1ccc(F)cc1.[Na+]. The summed E-state index contributed by atoms with van der Waals surface area (Å²) < 4.78 is 19.2. The van der Waals surface area contributed by atoms with Gasteiger partial charge in [0.15, 0.2) is 0 Å². The van der Waals surface area contributed by atoms with Crippen LogP contribution in [-0.2, 0) is 16.1 Å². The van der Waals surface area contributed by atoms with Crippen LogP contribution in [0, 0.1) is 5.82 Å². The number of carbonyl (C=O) groups excluding carboxylic acids is 1. The van der Waals surface area contributed by atoms with Gasteiger partial charge in [-0.2, -0.15) is 0 Å². The van der Waals surface area contributed by atoms with Gasteiger partial charge in [-0.05, 0) is 35.1 Å². The number of carbonyl (C=O) groups is 1. The van der Waals surface area contributed by atoms with E-state index in [0.29, 0.717) is 6.61 Å². The Morgan fingerprint density at radius 1 is 1.15 bits per heavy atom. The van der Waals surface area contributed by atoms with Gasteiger partial charge in [-0.15, -0.1) is 0 Å². The van der Waals surface area contributed by atoms with Crippen molar-refractivity contribution in [3.63, 3.8) is 0 Å². The van der Waals surface area contributed by atoms with Crippen molar-refractivity contribution in [2.75, 3.05) is 7.11 Å². The topological polar surface area (TPSA) is 103 Å². The third-order valence-corrected chi connectivity index (χ3v) is 5.31. The van der Waals surface area contributed by atoms with Gasteiger partial charge in [0, 0.05) is 42.7 Å². The average molecular weight is 484 g/mol. The molecule has 2 aromatic rings. The molecule has 0 fully saturated rings. The summed E-state index contributed by atoms with van der Waals surface area (Å²) in [5.74, 6) is -1.55. The minimum Gasteiger partial charge on any atom is -0.550 e. The van der Waals surface area contributed by atoms with E-state index in [1.807, 2.05) is 13.8 Å². The number of aromatic nitrogens is 1. The molecule has 6 nitrogen and oxygen atoms in total. The molecule has 2 atom stereocenters. The first-order valence-corrected chi connectivity index (χ1v) is 11.1. The second-order valence-corrected chi connectivity index (χ2v) is 8.79. The Balaban J connectivity index is 0.00000578. The van der Waals surface area contributed by atoms with Gasteiger partial charge >= 0.3 is 29.6 Å². The van der Waals surface area contributed by atoms with Gasteiger partial charge in [-0.1, -0.05) is 52.0 Å². The molecule has 8 heteroatoms. The summed E-state index contributed by atoms with van der Waals surface area (Å²) in [4.78, 5) is 15.6. The molecule has 1 aromatic heterocycles. The molecule has 0 bridgehead atoms. The fraction of sp³-hybridized carbons (Fsp3) is 0.462. The molecule has 34 heavy (non-hydrogen) atoms. The normalized spacial score (nSPS) is 13.4. The summed E-state index contributed by atoms with van der Waals surface area (Å²) in [6.07, 6.45) is 0.264. The Hall–Kier alpha value is -1.61. The van der Waals surface area contributed by atoms with Crippen LogP contribution >= 0.6 is 0 Å². The minimum absolute atomic E-state index is 0. The molecule has 0 saturated heterocycles. The second-order valence-electron chi connectivity index (χ2n) is 8.79. The van der Waals surface area contributed by atoms with Crippen molar-refractivity contribution in [3.8, 4) is 11.1 Å². The predicted octanol–water partition coefficient (Wildman–Crippen LogP) is 0.550. The number of nitrogens with zero attached hydrogens (tertiary/aromatic N) is 1. The number of methoxy groups -OCH3 is 1. The van der Waals surface area contributed by atoms with E-state index in [-0.39, 0.29) is 53.6 Å². The Morgan fingerprint density at radius 2 is 1.74 bits per heavy atom. The van der Waals surface area contributed by atoms with Crippen LogP contribution in [0.25, 0.3) is 17.2 Å². The van der Waals surface area contributed by atoms with Crippen molar-refractivity contribution in [3.05, 3.63) is 58.7 Å². The van der Waals surface area contributed by atoms with Crippen molar-refractivity contribution in [2.24, 2.45) is 0 Å². The Labute approximate surface area is 223 Å². The van der Waals surface area contributed by atoms with Crippen LogP contribution in [0.3, 0.4) is 0 Å². The fourth-order valence-corrected chi connectivity index (χ4v) is 3.84. The number of carboxylic acids is 1. The molecule has 1 heterocycles. The van der Waals surface area contributed by atoms with Gasteiger partial charge in [-0.3, -0.25) is 4.98 Å². The molecule has 0 spiro atoms. The molecule has 0 unspecified atom stereocenters. The molecule has 2 N–H and O–H groups in total. The second kappa shape index (κ2) is 14.1. The third kappa shape index (κ3) is 8.26. The van der Waals surface area contributed by atoms with Gasteiger partial charge in [-0.25, -0.2) is 4.39 Å². The molecule has 0 amide bonds. The zero-order valence-corrected chi connectivity index (χ0v) is 22.8. The number of halogens is 1. The molecule has 2 rings (SSSR count). The van der Waals surface area contributed by atoms with Gasteiger partial charge in [0.25, 0.3) is 0 Å². The zero-order chi connectivity index (χ0) is 24.7. The van der Waals surface area contributed by atoms with E-state index >= 15 is 0 Å². The molecule has 0 radical (unpaired) electrons. The number of hydrogen-bond donors (Lipinski definition) is 2. The number of ether oxygens (including phenoxy) is 1. The summed E-state index contributed by atoms with van der Waals surface area (Å²) in [5, 5.41) is 30.9. The number of carboxylic acid groups (broad SMARTS) is 1. The van der Waals surface area contributed by atoms with E-state index in [0.717, 1.165) is 33.6 Å². The number of benzene rings is 1. The Kier molecular flexibility index (Phi) is 12.6. The number of hydrogen-bond acceptors (Lipinski definition) is 6. The van der Waals surface area contributed by atoms with E-state index < -0.39 is 24.6 Å². The molecule has 1 aromatic carbocycles. The predicted molar refractivity (Wildman–Crippen MR) is 124 cm³/mol. The van der Waals surface area contributed by atoms with E-state index in [4.69, 9.17) is 9.72 Å². The smallest absolute Gasteiger partial charge is 0.550 e. The molecular weight excluding hydrogens is 450 g/mol. The largest absolute Gasteiger partial charge is 1.00 e. The molecule has 180 valence electrons. The van der Waals surface area contributed by atoms with Gasteiger partial charge in [0.05, 0.1) is 24.5 Å². The summed E-state index contributed by atoms with van der Waals surface area (Å²) in [5.41, 5.74) is 4.99. The van der Waals surface area contributed by atoms with Crippen LogP contribution < -0.4 is 34.7 Å². The summed E-state index contributed by atoms with van der Waals surface area (Å²) in [6, 6.07) is 6.20. The Bertz CT molecular complexity index is 976. The quantitative estimate of drug-likeness (QED) is 0.453. The van der Waals surface area contributed by atoms with E-state index in [1.165, 1.54) is 18.2 Å². The molecule has 0 aliphatic rings. The van der Waals surface area contributed by atoms with Crippen molar-refractivity contribution in [1.29, 1.82) is 0 Å². The van der Waals surface area contributed by atoms with Crippen LogP contribution in [0.4, 0.5) is 4.39 Å². The van der Waals surface area contributed by atoms with Crippen molar-refractivity contribution in [1.82, 2.24) is 4.98 Å². The number of pyridine rings is 1. The van der Waals surface area contributed by atoms with Crippen molar-refractivity contribution < 1.29 is 58.8 Å². The van der Waals surface area contributed by atoms with Gasteiger partial charge < -0.3 is 24.9 Å². The van der Waals surface area contributed by atoms with Crippen LogP contribution in [0.2, 0.25) is 0 Å². The van der Waals surface area contributed by atoms with Gasteiger partial charge in [0.1, 0.15) is 5.82 Å². The minimum atomic E-state index is -1.38. The first-order valence-electron chi connectivity index (χ1n) is 11.1. The van der Waals surface area contributed by atoms with Crippen molar-refractivity contribution >= 4 is 12.0 Å². The van der Waals surface area contributed by atoms with E-state index in [9.17, 15) is 24.5 Å². The van der Waals surface area contributed by atoms with Crippen LogP contribution in [0.5, 0.6) is 0 Å². The van der Waals surface area contributed by atoms with Crippen molar-refractivity contribution in [2.45, 2.75) is 71.2 Å². The Morgan fingerprint density at radius 3 is 2.24 bits per heavy atom. The number of aliphatic carboxylic acids is 1. The number of aliphatic hydroxyl groups excluding tert-OH is 2. The standard InChI is InChI=1S/C26H34FNO5.Na/c1-15(2)25-21(11-10-19(29)12-20(30)13-23(31)32)24(17-6-8-18(27)9-7-17)22(14-33-5)26(28-25)16(3)4;/h6-11,15-16,19-20,29-30H,12-14H2,1-5H3,(H,31,32);/q;+1/p-1/b11-10-;/t19-,20-;/m1./s1/i11+2;. The van der Waals surface area contributed by atoms with Crippen LogP contribution in [-0.4, -0.2) is 40.5 Å². The first-order chi connectivity index (χ1) is 15.5.